The number of aryl methyl sites for hydroxylation is 1. The molecule has 26 heavy (non-hydrogen) atoms. The molecule has 1 heterocycles. The Kier molecular flexibility index (Phi) is 6.50. The summed E-state index contributed by atoms with van der Waals surface area (Å²) in [5, 5.41) is 14.1. The molecule has 140 valence electrons. The van der Waals surface area contributed by atoms with Crippen molar-refractivity contribution in [1.82, 2.24) is 4.57 Å². The second-order valence-electron chi connectivity index (χ2n) is 6.71. The number of anilines is 1. The van der Waals surface area contributed by atoms with E-state index in [2.05, 4.69) is 25.2 Å². The Hall–Kier alpha value is -2.69. The zero-order chi connectivity index (χ0) is 19.3. The monoisotopic (exact) mass is 356 g/mol. The predicted octanol–water partition coefficient (Wildman–Crippen LogP) is 4.36. The minimum Gasteiger partial charge on any atom is -0.504 e. The molecule has 2 aromatic rings. The highest BCUT2D eigenvalue weighted by Crippen LogP contribution is 2.32. The molecule has 0 fully saturated rings. The number of benzene rings is 1. The molecule has 1 aromatic carbocycles. The fraction of sp³-hybridized carbons (Fsp3) is 0.381. The van der Waals surface area contributed by atoms with E-state index in [-0.39, 0.29) is 23.7 Å². The van der Waals surface area contributed by atoms with Crippen LogP contribution in [-0.4, -0.2) is 23.3 Å². The van der Waals surface area contributed by atoms with E-state index in [9.17, 15) is 9.90 Å². The van der Waals surface area contributed by atoms with Crippen LogP contribution in [0.1, 0.15) is 33.6 Å². The first kappa shape index (κ1) is 19.6. The summed E-state index contributed by atoms with van der Waals surface area (Å²) in [5.74, 6) is -0.119. The van der Waals surface area contributed by atoms with Crippen LogP contribution in [0.5, 0.6) is 11.5 Å². The van der Waals surface area contributed by atoms with Crippen molar-refractivity contribution < 1.29 is 9.84 Å². The number of hydrogen-bond acceptors (Lipinski definition) is 4. The third-order valence-electron chi connectivity index (χ3n) is 4.37. The summed E-state index contributed by atoms with van der Waals surface area (Å²) in [6, 6.07) is 5.46. The molecule has 0 unspecified atom stereocenters. The van der Waals surface area contributed by atoms with Crippen LogP contribution in [0.25, 0.3) is 10.9 Å². The molecular formula is C21H28N2O3. The first-order valence-electron chi connectivity index (χ1n) is 8.80. The predicted molar refractivity (Wildman–Crippen MR) is 108 cm³/mol. The van der Waals surface area contributed by atoms with Gasteiger partial charge < -0.3 is 19.7 Å². The topological polar surface area (TPSA) is 63.5 Å². The van der Waals surface area contributed by atoms with E-state index in [1.54, 1.807) is 13.1 Å². The van der Waals surface area contributed by atoms with E-state index in [1.165, 1.54) is 15.7 Å². The van der Waals surface area contributed by atoms with Crippen LogP contribution in [-0.2, 0) is 7.05 Å². The lowest BCUT2D eigenvalue weighted by molar-refractivity contribution is 0.330. The molecule has 0 saturated carbocycles. The van der Waals surface area contributed by atoms with Gasteiger partial charge in [-0.2, -0.15) is 0 Å². The molecule has 0 saturated heterocycles. The molecule has 5 heteroatoms. The van der Waals surface area contributed by atoms with Crippen molar-refractivity contribution in [2.24, 2.45) is 7.05 Å². The zero-order valence-electron chi connectivity index (χ0n) is 16.2. The van der Waals surface area contributed by atoms with Crippen LogP contribution in [0.4, 0.5) is 5.69 Å². The highest BCUT2D eigenvalue weighted by Gasteiger charge is 2.16. The van der Waals surface area contributed by atoms with E-state index in [4.69, 9.17) is 4.74 Å². The molecule has 0 amide bonds. The van der Waals surface area contributed by atoms with Crippen LogP contribution in [0.2, 0.25) is 0 Å². The number of aromatic hydroxyl groups is 1. The fourth-order valence-electron chi connectivity index (χ4n) is 2.74. The van der Waals surface area contributed by atoms with Crippen LogP contribution in [0.3, 0.4) is 0 Å². The fourth-order valence-corrected chi connectivity index (χ4v) is 2.74. The van der Waals surface area contributed by atoms with Crippen LogP contribution in [0.15, 0.2) is 46.3 Å². The number of nitrogens with one attached hydrogen (secondary N) is 1. The van der Waals surface area contributed by atoms with E-state index < -0.39 is 0 Å². The van der Waals surface area contributed by atoms with E-state index in [1.807, 2.05) is 32.2 Å². The Morgan fingerprint density at radius 2 is 2.00 bits per heavy atom. The van der Waals surface area contributed by atoms with Gasteiger partial charge >= 0.3 is 0 Å². The van der Waals surface area contributed by atoms with Gasteiger partial charge in [-0.05, 0) is 57.9 Å². The normalized spacial score (nSPS) is 11.5. The van der Waals surface area contributed by atoms with Gasteiger partial charge in [0.2, 0.25) is 5.75 Å². The zero-order valence-corrected chi connectivity index (χ0v) is 16.2. The first-order valence-corrected chi connectivity index (χ1v) is 8.80. The van der Waals surface area contributed by atoms with E-state index >= 15 is 0 Å². The number of ether oxygens (including phenoxy) is 1. The molecular weight excluding hydrogens is 328 g/mol. The molecule has 0 bridgehead atoms. The summed E-state index contributed by atoms with van der Waals surface area (Å²) >= 11 is 0. The lowest BCUT2D eigenvalue weighted by Crippen LogP contribution is -2.20. The minimum atomic E-state index is -0.348. The smallest absolute Gasteiger partial charge is 0.297 e. The second-order valence-corrected chi connectivity index (χ2v) is 6.71. The van der Waals surface area contributed by atoms with Gasteiger partial charge in [-0.1, -0.05) is 17.2 Å². The van der Waals surface area contributed by atoms with Crippen molar-refractivity contribution in [3.8, 4) is 11.5 Å². The van der Waals surface area contributed by atoms with Gasteiger partial charge in [0.1, 0.15) is 6.61 Å². The van der Waals surface area contributed by atoms with E-state index in [0.717, 1.165) is 18.5 Å². The number of rotatable bonds is 7. The van der Waals surface area contributed by atoms with E-state index in [0.29, 0.717) is 10.9 Å². The number of aromatic nitrogens is 1. The summed E-state index contributed by atoms with van der Waals surface area (Å²) in [6.07, 6.45) is 6.08. The van der Waals surface area contributed by atoms with Gasteiger partial charge in [0, 0.05) is 25.2 Å². The molecule has 0 spiro atoms. The van der Waals surface area contributed by atoms with Crippen molar-refractivity contribution in [3.63, 3.8) is 0 Å². The molecule has 0 radical (unpaired) electrons. The molecule has 0 atom stereocenters. The average molecular weight is 356 g/mol. The van der Waals surface area contributed by atoms with Crippen LogP contribution >= 0.6 is 0 Å². The number of hydrogen-bond donors (Lipinski definition) is 2. The SMILES string of the molecule is CNc1ccc2c(O)c(OCC=C(C)CCC=C(C)C)c(=O)n(C)c2c1. The highest BCUT2D eigenvalue weighted by molar-refractivity contribution is 5.89. The molecule has 5 nitrogen and oxygen atoms in total. The Morgan fingerprint density at radius 1 is 1.27 bits per heavy atom. The maximum absolute atomic E-state index is 12.6. The lowest BCUT2D eigenvalue weighted by Gasteiger charge is -2.13. The van der Waals surface area contributed by atoms with Gasteiger partial charge in [0.25, 0.3) is 5.56 Å². The summed E-state index contributed by atoms with van der Waals surface area (Å²) in [6.45, 7) is 6.46. The summed E-state index contributed by atoms with van der Waals surface area (Å²) < 4.78 is 7.12. The maximum Gasteiger partial charge on any atom is 0.297 e. The van der Waals surface area contributed by atoms with Crippen LogP contribution < -0.4 is 15.6 Å². The van der Waals surface area contributed by atoms with Crippen molar-refractivity contribution in [2.75, 3.05) is 19.0 Å². The number of fused-ring (bicyclic) bond motifs is 1. The summed E-state index contributed by atoms with van der Waals surface area (Å²) in [7, 11) is 3.49. The third kappa shape index (κ3) is 4.48. The molecule has 0 aliphatic rings. The largest absolute Gasteiger partial charge is 0.504 e. The van der Waals surface area contributed by atoms with Crippen LogP contribution in [0, 0.1) is 0 Å². The number of pyridine rings is 1. The Bertz CT molecular complexity index is 904. The average Bonchev–Trinajstić information content (AvgIpc) is 2.61. The molecule has 2 rings (SSSR count). The Morgan fingerprint density at radius 3 is 2.65 bits per heavy atom. The van der Waals surface area contributed by atoms with Crippen molar-refractivity contribution in [1.29, 1.82) is 0 Å². The van der Waals surface area contributed by atoms with Crippen molar-refractivity contribution >= 4 is 16.6 Å². The third-order valence-corrected chi connectivity index (χ3v) is 4.37. The standard InChI is InChI=1S/C21H28N2O3/c1-14(2)7-6-8-15(3)11-12-26-20-19(24)17-10-9-16(22-4)13-18(17)23(5)21(20)25/h7,9-11,13,22,24H,6,8,12H2,1-5H3. The van der Waals surface area contributed by atoms with Gasteiger partial charge in [0.15, 0.2) is 5.75 Å². The number of nitrogens with zero attached hydrogens (tertiary/aromatic N) is 1. The van der Waals surface area contributed by atoms with Gasteiger partial charge in [-0.15, -0.1) is 0 Å². The Labute approximate surface area is 154 Å². The molecule has 2 N–H and O–H groups in total. The minimum absolute atomic E-state index is 0.00874. The summed E-state index contributed by atoms with van der Waals surface area (Å²) in [5.41, 5.74) is 3.67. The summed E-state index contributed by atoms with van der Waals surface area (Å²) in [4.78, 5) is 12.6. The van der Waals surface area contributed by atoms with Crippen molar-refractivity contribution in [3.05, 3.63) is 51.9 Å². The van der Waals surface area contributed by atoms with Gasteiger partial charge in [-0.25, -0.2) is 0 Å². The van der Waals surface area contributed by atoms with Crippen molar-refractivity contribution in [2.45, 2.75) is 33.6 Å². The molecule has 0 aliphatic carbocycles. The quantitative estimate of drug-likeness (QED) is 0.724. The highest BCUT2D eigenvalue weighted by atomic mass is 16.5. The number of allylic oxidation sites excluding steroid dienone is 3. The molecule has 1 aromatic heterocycles. The lowest BCUT2D eigenvalue weighted by atomic mass is 10.1. The second kappa shape index (κ2) is 8.61. The van der Waals surface area contributed by atoms with Gasteiger partial charge in [-0.3, -0.25) is 4.79 Å². The van der Waals surface area contributed by atoms with Gasteiger partial charge in [0.05, 0.1) is 5.52 Å². The maximum atomic E-state index is 12.6. The Balaban J connectivity index is 2.22. The molecule has 0 aliphatic heterocycles. The first-order chi connectivity index (χ1) is 12.3.